The summed E-state index contributed by atoms with van der Waals surface area (Å²) in [6, 6.07) is 7.39. The van der Waals surface area contributed by atoms with Gasteiger partial charge in [0, 0.05) is 31.4 Å². The van der Waals surface area contributed by atoms with Gasteiger partial charge in [0.2, 0.25) is 0 Å². The number of ether oxygens (including phenoxy) is 1. The normalized spacial score (nSPS) is 17.4. The number of methoxy groups -OCH3 is 1. The Kier molecular flexibility index (Phi) is 3.41. The zero-order chi connectivity index (χ0) is 13.9. The Morgan fingerprint density at radius 2 is 2.30 bits per heavy atom. The number of fused-ring (bicyclic) bond motifs is 1. The minimum absolute atomic E-state index is 0.0903. The highest BCUT2D eigenvalue weighted by Gasteiger charge is 2.22. The first kappa shape index (κ1) is 12.7. The lowest BCUT2D eigenvalue weighted by atomic mass is 10.1. The van der Waals surface area contributed by atoms with Gasteiger partial charge < -0.3 is 14.6 Å². The monoisotopic (exact) mass is 271 g/mol. The molecule has 1 N–H and O–H groups in total. The largest absolute Gasteiger partial charge is 0.496 e. The van der Waals surface area contributed by atoms with Gasteiger partial charge in [-0.15, -0.1) is 0 Å². The fourth-order valence-corrected chi connectivity index (χ4v) is 2.57. The quantitative estimate of drug-likeness (QED) is 0.923. The Morgan fingerprint density at radius 3 is 3.15 bits per heavy atom. The van der Waals surface area contributed by atoms with Crippen LogP contribution >= 0.6 is 0 Å². The number of para-hydroxylation sites is 1. The zero-order valence-electron chi connectivity index (χ0n) is 11.4. The summed E-state index contributed by atoms with van der Waals surface area (Å²) < 4.78 is 7.35. The van der Waals surface area contributed by atoms with Crippen molar-refractivity contribution in [2.45, 2.75) is 25.4 Å². The Bertz CT molecular complexity index is 621. The molecule has 0 saturated carbocycles. The summed E-state index contributed by atoms with van der Waals surface area (Å²) in [5, 5.41) is 3.07. The van der Waals surface area contributed by atoms with E-state index in [2.05, 4.69) is 14.9 Å². The SMILES string of the molecule is COc1ccccc1C(=O)NC1CCn2ccnc2C1. The van der Waals surface area contributed by atoms with Gasteiger partial charge in [0.15, 0.2) is 0 Å². The van der Waals surface area contributed by atoms with Gasteiger partial charge >= 0.3 is 0 Å². The number of nitrogens with zero attached hydrogens (tertiary/aromatic N) is 2. The minimum Gasteiger partial charge on any atom is -0.496 e. The molecule has 0 fully saturated rings. The first-order valence-electron chi connectivity index (χ1n) is 6.72. The van der Waals surface area contributed by atoms with Gasteiger partial charge in [0.25, 0.3) is 5.91 Å². The summed E-state index contributed by atoms with van der Waals surface area (Å²) in [5.41, 5.74) is 0.573. The van der Waals surface area contributed by atoms with Crippen LogP contribution in [-0.2, 0) is 13.0 Å². The maximum absolute atomic E-state index is 12.3. The Labute approximate surface area is 117 Å². The molecule has 3 rings (SSSR count). The molecular formula is C15H17N3O2. The lowest BCUT2D eigenvalue weighted by Gasteiger charge is -2.24. The third-order valence-electron chi connectivity index (χ3n) is 3.64. The van der Waals surface area contributed by atoms with E-state index in [-0.39, 0.29) is 11.9 Å². The van der Waals surface area contributed by atoms with Gasteiger partial charge in [0.1, 0.15) is 11.6 Å². The maximum Gasteiger partial charge on any atom is 0.255 e. The Balaban J connectivity index is 1.71. The van der Waals surface area contributed by atoms with E-state index in [0.29, 0.717) is 11.3 Å². The highest BCUT2D eigenvalue weighted by Crippen LogP contribution is 2.19. The van der Waals surface area contributed by atoms with Crippen LogP contribution < -0.4 is 10.1 Å². The molecule has 5 nitrogen and oxygen atoms in total. The fraction of sp³-hybridized carbons (Fsp3) is 0.333. The van der Waals surface area contributed by atoms with E-state index < -0.39 is 0 Å². The molecule has 1 aromatic heterocycles. The molecule has 2 heterocycles. The van der Waals surface area contributed by atoms with Crippen molar-refractivity contribution >= 4 is 5.91 Å². The standard InChI is InChI=1S/C15H17N3O2/c1-20-13-5-3-2-4-12(13)15(19)17-11-6-8-18-9-7-16-14(18)10-11/h2-5,7,9,11H,6,8,10H2,1H3,(H,17,19). The molecule has 1 unspecified atom stereocenters. The number of rotatable bonds is 3. The molecule has 0 bridgehead atoms. The molecule has 1 amide bonds. The van der Waals surface area contributed by atoms with Crippen molar-refractivity contribution < 1.29 is 9.53 Å². The van der Waals surface area contributed by atoms with Crippen molar-refractivity contribution in [3.8, 4) is 5.75 Å². The van der Waals surface area contributed by atoms with Gasteiger partial charge in [-0.2, -0.15) is 0 Å². The molecule has 1 aliphatic heterocycles. The van der Waals surface area contributed by atoms with Crippen molar-refractivity contribution in [1.82, 2.24) is 14.9 Å². The van der Waals surface area contributed by atoms with E-state index in [1.54, 1.807) is 25.4 Å². The van der Waals surface area contributed by atoms with Gasteiger partial charge in [-0.25, -0.2) is 4.98 Å². The van der Waals surface area contributed by atoms with Gasteiger partial charge in [-0.05, 0) is 18.6 Å². The summed E-state index contributed by atoms with van der Waals surface area (Å²) in [6.07, 6.45) is 5.48. The average Bonchev–Trinajstić information content (AvgIpc) is 2.94. The van der Waals surface area contributed by atoms with Crippen LogP contribution in [-0.4, -0.2) is 28.6 Å². The first-order chi connectivity index (χ1) is 9.78. The smallest absolute Gasteiger partial charge is 0.255 e. The van der Waals surface area contributed by atoms with Gasteiger partial charge in [-0.3, -0.25) is 4.79 Å². The number of hydrogen-bond donors (Lipinski definition) is 1. The van der Waals surface area contributed by atoms with Crippen molar-refractivity contribution in [3.63, 3.8) is 0 Å². The molecule has 0 radical (unpaired) electrons. The highest BCUT2D eigenvalue weighted by atomic mass is 16.5. The van der Waals surface area contributed by atoms with Crippen molar-refractivity contribution in [2.75, 3.05) is 7.11 Å². The molecular weight excluding hydrogens is 254 g/mol. The fourth-order valence-electron chi connectivity index (χ4n) is 2.57. The summed E-state index contributed by atoms with van der Waals surface area (Å²) in [6.45, 7) is 0.895. The number of aryl methyl sites for hydroxylation is 1. The third kappa shape index (κ3) is 2.39. The predicted molar refractivity (Wildman–Crippen MR) is 74.8 cm³/mol. The number of hydrogen-bond acceptors (Lipinski definition) is 3. The number of imidazole rings is 1. The van der Waals surface area contributed by atoms with Crippen LogP contribution in [0, 0.1) is 0 Å². The molecule has 5 heteroatoms. The van der Waals surface area contributed by atoms with Crippen LogP contribution in [0.25, 0.3) is 0 Å². The molecule has 1 atom stereocenters. The van der Waals surface area contributed by atoms with Crippen molar-refractivity contribution in [1.29, 1.82) is 0 Å². The number of carbonyl (C=O) groups is 1. The number of benzene rings is 1. The van der Waals surface area contributed by atoms with E-state index in [1.807, 2.05) is 18.3 Å². The number of aromatic nitrogens is 2. The topological polar surface area (TPSA) is 56.1 Å². The second-order valence-electron chi connectivity index (χ2n) is 4.90. The third-order valence-corrected chi connectivity index (χ3v) is 3.64. The molecule has 1 aromatic carbocycles. The van der Waals surface area contributed by atoms with Crippen LogP contribution in [0.2, 0.25) is 0 Å². The van der Waals surface area contributed by atoms with Crippen LogP contribution in [0.15, 0.2) is 36.7 Å². The maximum atomic E-state index is 12.3. The Morgan fingerprint density at radius 1 is 1.45 bits per heavy atom. The molecule has 0 saturated heterocycles. The first-order valence-corrected chi connectivity index (χ1v) is 6.72. The summed E-state index contributed by atoms with van der Waals surface area (Å²) in [7, 11) is 1.57. The van der Waals surface area contributed by atoms with Gasteiger partial charge in [0.05, 0.1) is 12.7 Å². The van der Waals surface area contributed by atoms with Crippen LogP contribution in [0.4, 0.5) is 0 Å². The van der Waals surface area contributed by atoms with E-state index in [9.17, 15) is 4.79 Å². The summed E-state index contributed by atoms with van der Waals surface area (Å²) in [4.78, 5) is 16.6. The van der Waals surface area contributed by atoms with Gasteiger partial charge in [-0.1, -0.05) is 12.1 Å². The molecule has 1 aliphatic rings. The predicted octanol–water partition coefficient (Wildman–Crippen LogP) is 1.64. The molecule has 2 aromatic rings. The van der Waals surface area contributed by atoms with Crippen LogP contribution in [0.5, 0.6) is 5.75 Å². The minimum atomic E-state index is -0.0903. The second-order valence-corrected chi connectivity index (χ2v) is 4.90. The molecule has 20 heavy (non-hydrogen) atoms. The zero-order valence-corrected chi connectivity index (χ0v) is 11.4. The average molecular weight is 271 g/mol. The number of amides is 1. The molecule has 104 valence electrons. The second kappa shape index (κ2) is 5.36. The molecule has 0 aliphatic carbocycles. The van der Waals surface area contributed by atoms with Crippen molar-refractivity contribution in [2.24, 2.45) is 0 Å². The van der Waals surface area contributed by atoms with E-state index in [1.165, 1.54) is 0 Å². The van der Waals surface area contributed by atoms with Crippen molar-refractivity contribution in [3.05, 3.63) is 48.0 Å². The summed E-state index contributed by atoms with van der Waals surface area (Å²) in [5.74, 6) is 1.54. The van der Waals surface area contributed by atoms with E-state index in [0.717, 1.165) is 25.2 Å². The lowest BCUT2D eigenvalue weighted by Crippen LogP contribution is -2.40. The number of nitrogens with one attached hydrogen (secondary N) is 1. The Hall–Kier alpha value is -2.30. The van der Waals surface area contributed by atoms with Crippen LogP contribution in [0.1, 0.15) is 22.6 Å². The van der Waals surface area contributed by atoms with Crippen LogP contribution in [0.3, 0.4) is 0 Å². The summed E-state index contributed by atoms with van der Waals surface area (Å²) >= 11 is 0. The molecule has 0 spiro atoms. The number of carbonyl (C=O) groups excluding carboxylic acids is 1. The van der Waals surface area contributed by atoms with E-state index >= 15 is 0 Å². The van der Waals surface area contributed by atoms with E-state index in [4.69, 9.17) is 4.74 Å². The highest BCUT2D eigenvalue weighted by molar-refractivity contribution is 5.97. The lowest BCUT2D eigenvalue weighted by molar-refractivity contribution is 0.0927.